The first-order chi connectivity index (χ1) is 8.63. The molecule has 1 saturated heterocycles. The zero-order chi connectivity index (χ0) is 13.1. The lowest BCUT2D eigenvalue weighted by molar-refractivity contribution is 0.262. The fourth-order valence-electron chi connectivity index (χ4n) is 2.59. The Hall–Kier alpha value is -0.870. The molecule has 1 aromatic rings. The molecule has 1 atom stereocenters. The summed E-state index contributed by atoms with van der Waals surface area (Å²) >= 11 is 6.14. The third-order valence-electron chi connectivity index (χ3n) is 3.53. The lowest BCUT2D eigenvalue weighted by Crippen LogP contribution is -2.41. The summed E-state index contributed by atoms with van der Waals surface area (Å²) in [5.41, 5.74) is 0.937. The highest BCUT2D eigenvalue weighted by molar-refractivity contribution is 6.30. The molecule has 0 aromatic carbocycles. The largest absolute Gasteiger partial charge is 0.396 e. The number of hydrogen-bond acceptors (Lipinski definition) is 4. The van der Waals surface area contributed by atoms with Crippen LogP contribution in [-0.4, -0.2) is 34.3 Å². The molecular weight excluding hydrogens is 250 g/mol. The Morgan fingerprint density at radius 2 is 2.11 bits per heavy atom. The number of nitrogens with zero attached hydrogens (tertiary/aromatic N) is 3. The Kier molecular flexibility index (Phi) is 4.40. The molecule has 0 aliphatic carbocycles. The Morgan fingerprint density at radius 1 is 1.33 bits per heavy atom. The van der Waals surface area contributed by atoms with Crippen molar-refractivity contribution < 1.29 is 5.11 Å². The highest BCUT2D eigenvalue weighted by Gasteiger charge is 2.25. The first-order valence-electron chi connectivity index (χ1n) is 6.51. The molecule has 100 valence electrons. The SMILES string of the molecule is Cc1nc(Cl)c(C)c(N2CCCCC2CCO)n1. The van der Waals surface area contributed by atoms with E-state index < -0.39 is 0 Å². The van der Waals surface area contributed by atoms with Gasteiger partial charge in [-0.25, -0.2) is 9.97 Å². The van der Waals surface area contributed by atoms with Gasteiger partial charge in [0.1, 0.15) is 16.8 Å². The maximum Gasteiger partial charge on any atom is 0.137 e. The van der Waals surface area contributed by atoms with Gasteiger partial charge in [0, 0.05) is 24.8 Å². The molecule has 0 amide bonds. The van der Waals surface area contributed by atoms with Crippen molar-refractivity contribution in [1.29, 1.82) is 0 Å². The van der Waals surface area contributed by atoms with Crippen LogP contribution in [0.1, 0.15) is 37.1 Å². The van der Waals surface area contributed by atoms with Crippen LogP contribution < -0.4 is 4.90 Å². The second-order valence-corrected chi connectivity index (χ2v) is 5.22. The van der Waals surface area contributed by atoms with E-state index in [2.05, 4.69) is 14.9 Å². The Labute approximate surface area is 113 Å². The zero-order valence-electron chi connectivity index (χ0n) is 11.0. The van der Waals surface area contributed by atoms with Gasteiger partial charge in [-0.3, -0.25) is 0 Å². The number of halogens is 1. The summed E-state index contributed by atoms with van der Waals surface area (Å²) < 4.78 is 0. The fraction of sp³-hybridized carbons (Fsp3) is 0.692. The molecule has 1 unspecified atom stereocenters. The lowest BCUT2D eigenvalue weighted by atomic mass is 9.99. The summed E-state index contributed by atoms with van der Waals surface area (Å²) in [7, 11) is 0. The Balaban J connectivity index is 2.33. The van der Waals surface area contributed by atoms with Gasteiger partial charge in [0.2, 0.25) is 0 Å². The van der Waals surface area contributed by atoms with Crippen LogP contribution in [0.4, 0.5) is 5.82 Å². The minimum atomic E-state index is 0.220. The smallest absolute Gasteiger partial charge is 0.137 e. The first kappa shape index (κ1) is 13.6. The van der Waals surface area contributed by atoms with Crippen molar-refractivity contribution in [2.75, 3.05) is 18.1 Å². The molecule has 1 fully saturated rings. The van der Waals surface area contributed by atoms with Crippen LogP contribution in [0.3, 0.4) is 0 Å². The molecule has 0 bridgehead atoms. The standard InChI is InChI=1S/C13H20ClN3O/c1-9-12(14)15-10(2)16-13(9)17-7-4-3-5-11(17)6-8-18/h11,18H,3-8H2,1-2H3. The summed E-state index contributed by atoms with van der Waals surface area (Å²) in [6, 6.07) is 0.368. The molecule has 2 rings (SSSR count). The summed E-state index contributed by atoms with van der Waals surface area (Å²) in [5, 5.41) is 9.71. The van der Waals surface area contributed by atoms with Crippen LogP contribution >= 0.6 is 11.6 Å². The van der Waals surface area contributed by atoms with Crippen LogP contribution in [-0.2, 0) is 0 Å². The third-order valence-corrected chi connectivity index (χ3v) is 3.90. The number of anilines is 1. The van der Waals surface area contributed by atoms with Gasteiger partial charge in [-0.05, 0) is 39.5 Å². The van der Waals surface area contributed by atoms with Gasteiger partial charge in [0.15, 0.2) is 0 Å². The molecule has 1 aliphatic rings. The van der Waals surface area contributed by atoms with Crippen molar-refractivity contribution in [2.24, 2.45) is 0 Å². The molecule has 1 aliphatic heterocycles. The van der Waals surface area contributed by atoms with E-state index in [9.17, 15) is 5.11 Å². The average molecular weight is 270 g/mol. The summed E-state index contributed by atoms with van der Waals surface area (Å²) in [6.45, 7) is 5.03. The van der Waals surface area contributed by atoms with Crippen LogP contribution in [0, 0.1) is 13.8 Å². The maximum atomic E-state index is 9.18. The normalized spacial score (nSPS) is 20.2. The van der Waals surface area contributed by atoms with Crippen molar-refractivity contribution in [3.63, 3.8) is 0 Å². The van der Waals surface area contributed by atoms with E-state index in [0.717, 1.165) is 30.8 Å². The van der Waals surface area contributed by atoms with Gasteiger partial charge in [-0.15, -0.1) is 0 Å². The van der Waals surface area contributed by atoms with Crippen LogP contribution in [0.15, 0.2) is 0 Å². The number of piperidine rings is 1. The molecule has 0 spiro atoms. The average Bonchev–Trinajstić information content (AvgIpc) is 2.35. The van der Waals surface area contributed by atoms with Gasteiger partial charge < -0.3 is 10.0 Å². The Bertz CT molecular complexity index is 423. The van der Waals surface area contributed by atoms with E-state index in [1.54, 1.807) is 0 Å². The molecular formula is C13H20ClN3O. The molecule has 2 heterocycles. The van der Waals surface area contributed by atoms with E-state index in [1.807, 2.05) is 13.8 Å². The van der Waals surface area contributed by atoms with Gasteiger partial charge in [0.25, 0.3) is 0 Å². The van der Waals surface area contributed by atoms with Crippen LogP contribution in [0.25, 0.3) is 0 Å². The lowest BCUT2D eigenvalue weighted by Gasteiger charge is -2.37. The second kappa shape index (κ2) is 5.85. The number of rotatable bonds is 3. The minimum absolute atomic E-state index is 0.220. The minimum Gasteiger partial charge on any atom is -0.396 e. The Morgan fingerprint density at radius 3 is 2.83 bits per heavy atom. The molecule has 0 saturated carbocycles. The topological polar surface area (TPSA) is 49.2 Å². The molecule has 1 N–H and O–H groups in total. The number of aliphatic hydroxyl groups is 1. The van der Waals surface area contributed by atoms with Gasteiger partial charge >= 0.3 is 0 Å². The van der Waals surface area contributed by atoms with Gasteiger partial charge in [-0.1, -0.05) is 11.6 Å². The summed E-state index contributed by atoms with van der Waals surface area (Å²) in [5.74, 6) is 1.64. The summed E-state index contributed by atoms with van der Waals surface area (Å²) in [6.07, 6.45) is 4.29. The van der Waals surface area contributed by atoms with E-state index in [0.29, 0.717) is 17.0 Å². The highest BCUT2D eigenvalue weighted by atomic mass is 35.5. The molecule has 4 nitrogen and oxygen atoms in total. The quantitative estimate of drug-likeness (QED) is 0.857. The van der Waals surface area contributed by atoms with Crippen molar-refractivity contribution in [3.05, 3.63) is 16.5 Å². The van der Waals surface area contributed by atoms with E-state index in [4.69, 9.17) is 11.6 Å². The predicted molar refractivity (Wildman–Crippen MR) is 73.2 cm³/mol. The molecule has 1 aromatic heterocycles. The van der Waals surface area contributed by atoms with E-state index >= 15 is 0 Å². The van der Waals surface area contributed by atoms with Crippen LogP contribution in [0.5, 0.6) is 0 Å². The van der Waals surface area contributed by atoms with E-state index in [-0.39, 0.29) is 6.61 Å². The van der Waals surface area contributed by atoms with Crippen LogP contribution in [0.2, 0.25) is 5.15 Å². The number of aromatic nitrogens is 2. The highest BCUT2D eigenvalue weighted by Crippen LogP contribution is 2.30. The van der Waals surface area contributed by atoms with Gasteiger partial charge in [-0.2, -0.15) is 0 Å². The monoisotopic (exact) mass is 269 g/mol. The van der Waals surface area contributed by atoms with E-state index in [1.165, 1.54) is 12.8 Å². The zero-order valence-corrected chi connectivity index (χ0v) is 11.7. The number of aryl methyl sites for hydroxylation is 1. The predicted octanol–water partition coefficient (Wildman–Crippen LogP) is 2.49. The third kappa shape index (κ3) is 2.75. The number of aliphatic hydroxyl groups excluding tert-OH is 1. The molecule has 18 heavy (non-hydrogen) atoms. The van der Waals surface area contributed by atoms with Crippen molar-refractivity contribution in [1.82, 2.24) is 9.97 Å². The maximum absolute atomic E-state index is 9.18. The van der Waals surface area contributed by atoms with Crippen molar-refractivity contribution in [3.8, 4) is 0 Å². The second-order valence-electron chi connectivity index (χ2n) is 4.87. The number of hydrogen-bond donors (Lipinski definition) is 1. The van der Waals surface area contributed by atoms with Crippen molar-refractivity contribution >= 4 is 17.4 Å². The fourth-order valence-corrected chi connectivity index (χ4v) is 2.80. The van der Waals surface area contributed by atoms with Crippen molar-refractivity contribution in [2.45, 2.75) is 45.6 Å². The first-order valence-corrected chi connectivity index (χ1v) is 6.89. The molecule has 0 radical (unpaired) electrons. The molecule has 5 heteroatoms. The van der Waals surface area contributed by atoms with Gasteiger partial charge in [0.05, 0.1) is 0 Å². The summed E-state index contributed by atoms with van der Waals surface area (Å²) in [4.78, 5) is 11.0.